The summed E-state index contributed by atoms with van der Waals surface area (Å²) >= 11 is 1.08. The topological polar surface area (TPSA) is 109 Å². The van der Waals surface area contributed by atoms with Crippen molar-refractivity contribution in [2.24, 2.45) is 11.8 Å². The second-order valence-corrected chi connectivity index (χ2v) is 9.97. The maximum absolute atomic E-state index is 12.9. The molecule has 2 heterocycles. The lowest BCUT2D eigenvalue weighted by Gasteiger charge is -2.34. The number of thiazole rings is 1. The number of aliphatic carboxylic acids is 1. The number of aromatic nitrogens is 1. The fourth-order valence-corrected chi connectivity index (χ4v) is 5.78. The summed E-state index contributed by atoms with van der Waals surface area (Å²) in [5.74, 6) is -1.64. The van der Waals surface area contributed by atoms with Crippen LogP contribution in [0.1, 0.15) is 40.1 Å². The van der Waals surface area contributed by atoms with Gasteiger partial charge in [-0.1, -0.05) is 66.8 Å². The van der Waals surface area contributed by atoms with E-state index in [0.29, 0.717) is 24.4 Å². The Kier molecular flexibility index (Phi) is 6.25. The molecule has 0 saturated carbocycles. The molecule has 0 bridgehead atoms. The van der Waals surface area contributed by atoms with E-state index in [1.165, 1.54) is 6.20 Å². The molecule has 0 spiro atoms. The van der Waals surface area contributed by atoms with Crippen molar-refractivity contribution in [3.63, 3.8) is 0 Å². The summed E-state index contributed by atoms with van der Waals surface area (Å²) in [6, 6.07) is 16.2. The number of likely N-dealkylation sites (tertiary alicyclic amines) is 1. The predicted octanol–water partition coefficient (Wildman–Crippen LogP) is 4.69. The number of anilines is 1. The van der Waals surface area contributed by atoms with Gasteiger partial charge in [0.2, 0.25) is 0 Å². The van der Waals surface area contributed by atoms with Gasteiger partial charge in [0.1, 0.15) is 11.5 Å². The fraction of sp³-hybridized carbons (Fsp3) is 0.308. The number of hydrogen-bond acceptors (Lipinski definition) is 6. The second-order valence-electron chi connectivity index (χ2n) is 8.94. The summed E-state index contributed by atoms with van der Waals surface area (Å²) in [4.78, 5) is 42.9. The Hall–Kier alpha value is -3.72. The number of carboxylic acids is 1. The van der Waals surface area contributed by atoms with Gasteiger partial charge >= 0.3 is 12.1 Å². The molecule has 35 heavy (non-hydrogen) atoms. The Morgan fingerprint density at radius 2 is 1.77 bits per heavy atom. The largest absolute Gasteiger partial charge is 0.481 e. The van der Waals surface area contributed by atoms with Crippen LogP contribution in [-0.4, -0.2) is 52.7 Å². The SMILES string of the molecule is CC1CN(C(=O)c2cnc(NC(=O)OCC3c4ccccc4-c4ccccc43)s2)CCC1C(=O)O. The van der Waals surface area contributed by atoms with Gasteiger partial charge in [0.15, 0.2) is 5.13 Å². The average molecular weight is 492 g/mol. The molecule has 2 aromatic carbocycles. The van der Waals surface area contributed by atoms with Gasteiger partial charge in [-0.05, 0) is 34.6 Å². The monoisotopic (exact) mass is 491 g/mol. The molecule has 2 amide bonds. The minimum atomic E-state index is -0.822. The first-order valence-corrected chi connectivity index (χ1v) is 12.3. The molecule has 1 aliphatic carbocycles. The second kappa shape index (κ2) is 9.50. The summed E-state index contributed by atoms with van der Waals surface area (Å²) in [6.07, 6.45) is 1.22. The third-order valence-electron chi connectivity index (χ3n) is 6.78. The summed E-state index contributed by atoms with van der Waals surface area (Å²) in [6.45, 7) is 2.79. The van der Waals surface area contributed by atoms with E-state index in [1.54, 1.807) is 4.90 Å². The van der Waals surface area contributed by atoms with Gasteiger partial charge < -0.3 is 14.7 Å². The molecular weight excluding hydrogens is 466 g/mol. The zero-order valence-electron chi connectivity index (χ0n) is 19.1. The van der Waals surface area contributed by atoms with E-state index in [2.05, 4.69) is 34.6 Å². The van der Waals surface area contributed by atoms with Crippen LogP contribution in [0.3, 0.4) is 0 Å². The zero-order valence-corrected chi connectivity index (χ0v) is 20.0. The van der Waals surface area contributed by atoms with Crippen LogP contribution in [0.4, 0.5) is 9.93 Å². The highest BCUT2D eigenvalue weighted by Gasteiger charge is 2.34. The van der Waals surface area contributed by atoms with Gasteiger partial charge in [-0.2, -0.15) is 0 Å². The average Bonchev–Trinajstić information content (AvgIpc) is 3.44. The van der Waals surface area contributed by atoms with Crippen LogP contribution in [0.15, 0.2) is 54.7 Å². The van der Waals surface area contributed by atoms with Gasteiger partial charge in [0.25, 0.3) is 5.91 Å². The zero-order chi connectivity index (χ0) is 24.5. The Morgan fingerprint density at radius 1 is 1.11 bits per heavy atom. The van der Waals surface area contributed by atoms with Crippen LogP contribution < -0.4 is 5.32 Å². The molecule has 2 N–H and O–H groups in total. The van der Waals surface area contributed by atoms with Gasteiger partial charge in [-0.3, -0.25) is 14.9 Å². The highest BCUT2D eigenvalue weighted by atomic mass is 32.1. The summed E-state index contributed by atoms with van der Waals surface area (Å²) in [5.41, 5.74) is 4.57. The van der Waals surface area contributed by atoms with E-state index in [9.17, 15) is 19.5 Å². The minimum absolute atomic E-state index is 0.0442. The van der Waals surface area contributed by atoms with Crippen molar-refractivity contribution < 1.29 is 24.2 Å². The van der Waals surface area contributed by atoms with Crippen molar-refractivity contribution in [2.45, 2.75) is 19.3 Å². The number of ether oxygens (including phenoxy) is 1. The van der Waals surface area contributed by atoms with Crippen molar-refractivity contribution in [2.75, 3.05) is 25.0 Å². The van der Waals surface area contributed by atoms with Gasteiger partial charge in [-0.15, -0.1) is 0 Å². The van der Waals surface area contributed by atoms with Crippen LogP contribution in [0.2, 0.25) is 0 Å². The van der Waals surface area contributed by atoms with E-state index in [4.69, 9.17) is 4.74 Å². The number of nitrogens with one attached hydrogen (secondary N) is 1. The molecule has 5 rings (SSSR count). The number of benzene rings is 2. The smallest absolute Gasteiger partial charge is 0.413 e. The lowest BCUT2D eigenvalue weighted by Crippen LogP contribution is -2.44. The number of carbonyl (C=O) groups excluding carboxylic acids is 2. The Morgan fingerprint density at radius 3 is 2.40 bits per heavy atom. The van der Waals surface area contributed by atoms with Crippen molar-refractivity contribution in [3.8, 4) is 11.1 Å². The number of carbonyl (C=O) groups is 3. The maximum Gasteiger partial charge on any atom is 0.413 e. The molecule has 2 atom stereocenters. The third kappa shape index (κ3) is 4.51. The molecule has 2 aliphatic rings. The number of amides is 2. The van der Waals surface area contributed by atoms with Gasteiger partial charge in [-0.25, -0.2) is 9.78 Å². The summed E-state index contributed by atoms with van der Waals surface area (Å²) in [5, 5.41) is 12.2. The maximum atomic E-state index is 12.9. The third-order valence-corrected chi connectivity index (χ3v) is 7.68. The number of piperidine rings is 1. The van der Waals surface area contributed by atoms with Crippen LogP contribution in [0, 0.1) is 11.8 Å². The van der Waals surface area contributed by atoms with E-state index in [0.717, 1.165) is 33.6 Å². The van der Waals surface area contributed by atoms with Crippen LogP contribution >= 0.6 is 11.3 Å². The molecular formula is C26H25N3O5S. The Labute approximate surface area is 206 Å². The summed E-state index contributed by atoms with van der Waals surface area (Å²) in [7, 11) is 0. The quantitative estimate of drug-likeness (QED) is 0.536. The van der Waals surface area contributed by atoms with Crippen LogP contribution in [0.25, 0.3) is 11.1 Å². The number of nitrogens with zero attached hydrogens (tertiary/aromatic N) is 2. The highest BCUT2D eigenvalue weighted by molar-refractivity contribution is 7.17. The number of carboxylic acid groups (broad SMARTS) is 1. The van der Waals surface area contributed by atoms with E-state index < -0.39 is 18.0 Å². The molecule has 8 nitrogen and oxygen atoms in total. The molecule has 1 aliphatic heterocycles. The van der Waals surface area contributed by atoms with E-state index in [1.807, 2.05) is 31.2 Å². The Balaban J connectivity index is 1.19. The predicted molar refractivity (Wildman–Crippen MR) is 132 cm³/mol. The molecule has 2 unspecified atom stereocenters. The van der Waals surface area contributed by atoms with E-state index >= 15 is 0 Å². The first-order chi connectivity index (χ1) is 16.9. The normalized spacial score (nSPS) is 19.1. The number of rotatable bonds is 5. The molecule has 0 radical (unpaired) electrons. The van der Waals surface area contributed by atoms with Gasteiger partial charge in [0.05, 0.1) is 12.1 Å². The van der Waals surface area contributed by atoms with Crippen LogP contribution in [-0.2, 0) is 9.53 Å². The molecule has 180 valence electrons. The minimum Gasteiger partial charge on any atom is -0.481 e. The molecule has 1 fully saturated rings. The van der Waals surface area contributed by atoms with Crippen molar-refractivity contribution in [1.82, 2.24) is 9.88 Å². The Bertz CT molecular complexity index is 1240. The number of hydrogen-bond donors (Lipinski definition) is 2. The van der Waals surface area contributed by atoms with E-state index in [-0.39, 0.29) is 29.5 Å². The molecule has 9 heteroatoms. The summed E-state index contributed by atoms with van der Waals surface area (Å²) < 4.78 is 5.54. The fourth-order valence-electron chi connectivity index (χ4n) is 5.01. The lowest BCUT2D eigenvalue weighted by molar-refractivity contribution is -0.145. The number of fused-ring (bicyclic) bond motifs is 3. The lowest BCUT2D eigenvalue weighted by atomic mass is 9.87. The van der Waals surface area contributed by atoms with Crippen molar-refractivity contribution in [1.29, 1.82) is 0 Å². The van der Waals surface area contributed by atoms with Crippen LogP contribution in [0.5, 0.6) is 0 Å². The van der Waals surface area contributed by atoms with Crippen molar-refractivity contribution >= 4 is 34.4 Å². The molecule has 3 aromatic rings. The highest BCUT2D eigenvalue weighted by Crippen LogP contribution is 2.44. The van der Waals surface area contributed by atoms with Crippen molar-refractivity contribution in [3.05, 3.63) is 70.7 Å². The standard InChI is InChI=1S/C26H25N3O5S/c1-15-13-29(11-10-16(15)24(31)32)23(30)22-12-27-25(35-22)28-26(33)34-14-21-19-8-4-2-6-17(19)18-7-3-5-9-20(18)21/h2-9,12,15-16,21H,10-11,13-14H2,1H3,(H,31,32)(H,27,28,33). The van der Waals surface area contributed by atoms with Gasteiger partial charge in [0, 0.05) is 19.0 Å². The molecule has 1 saturated heterocycles. The first-order valence-electron chi connectivity index (χ1n) is 11.5. The molecule has 1 aromatic heterocycles. The first kappa shape index (κ1) is 23.0.